The molecule has 2 aliphatic rings. The molecule has 25 heavy (non-hydrogen) atoms. The number of carbonyl (C=O) groups excluding carboxylic acids is 2. The Kier molecular flexibility index (Phi) is 4.50. The van der Waals surface area contributed by atoms with E-state index in [4.69, 9.17) is 16.3 Å². The summed E-state index contributed by atoms with van der Waals surface area (Å²) in [6, 6.07) is 7.35. The highest BCUT2D eigenvalue weighted by atomic mass is 35.5. The van der Waals surface area contributed by atoms with Crippen LogP contribution in [-0.2, 0) is 14.3 Å². The van der Waals surface area contributed by atoms with Gasteiger partial charge in [0.25, 0.3) is 0 Å². The first-order valence-electron chi connectivity index (χ1n) is 8.36. The molecule has 132 valence electrons. The third kappa shape index (κ3) is 2.89. The van der Waals surface area contributed by atoms with Crippen molar-refractivity contribution in [3.8, 4) is 0 Å². The number of methoxy groups -OCH3 is 1. The zero-order valence-corrected chi connectivity index (χ0v) is 15.7. The Morgan fingerprint density at radius 2 is 2.00 bits per heavy atom. The topological polar surface area (TPSA) is 55.4 Å². The number of Topliss-reactive ketones (excluding diaryl/α,β-unsaturated/α-hetero) is 1. The number of allylic oxidation sites excluding steroid dienone is 3. The summed E-state index contributed by atoms with van der Waals surface area (Å²) < 4.78 is 5.00. The van der Waals surface area contributed by atoms with Crippen LogP contribution in [0.5, 0.6) is 0 Å². The molecule has 1 atom stereocenters. The lowest BCUT2D eigenvalue weighted by Crippen LogP contribution is -2.40. The van der Waals surface area contributed by atoms with E-state index in [0.29, 0.717) is 21.9 Å². The lowest BCUT2D eigenvalue weighted by atomic mass is 9.67. The molecule has 0 spiro atoms. The van der Waals surface area contributed by atoms with Gasteiger partial charge in [-0.2, -0.15) is 0 Å². The Balaban J connectivity index is 2.26. The third-order valence-electron chi connectivity index (χ3n) is 5.13. The van der Waals surface area contributed by atoms with E-state index in [1.165, 1.54) is 7.11 Å². The SMILES string of the molecule is COC(=O)C1=C(C)NC2=C(C(=O)C(C)(C)CC2)C1c1ccccc1Cl. The van der Waals surface area contributed by atoms with Crippen LogP contribution < -0.4 is 5.32 Å². The van der Waals surface area contributed by atoms with Crippen LogP contribution in [0, 0.1) is 5.41 Å². The van der Waals surface area contributed by atoms with E-state index < -0.39 is 17.3 Å². The fourth-order valence-electron chi connectivity index (χ4n) is 3.68. The highest BCUT2D eigenvalue weighted by molar-refractivity contribution is 6.31. The van der Waals surface area contributed by atoms with E-state index in [1.807, 2.05) is 39.0 Å². The minimum Gasteiger partial charge on any atom is -0.466 e. The molecule has 1 N–H and O–H groups in total. The van der Waals surface area contributed by atoms with E-state index in [-0.39, 0.29) is 5.78 Å². The van der Waals surface area contributed by atoms with Crippen molar-refractivity contribution in [3.63, 3.8) is 0 Å². The van der Waals surface area contributed by atoms with Gasteiger partial charge in [0.05, 0.1) is 12.7 Å². The molecule has 0 saturated heterocycles. The minimum absolute atomic E-state index is 0.0556. The van der Waals surface area contributed by atoms with E-state index in [2.05, 4.69) is 5.32 Å². The van der Waals surface area contributed by atoms with Gasteiger partial charge >= 0.3 is 5.97 Å². The van der Waals surface area contributed by atoms with E-state index in [0.717, 1.165) is 24.1 Å². The van der Waals surface area contributed by atoms with Crippen molar-refractivity contribution in [2.24, 2.45) is 5.41 Å². The Morgan fingerprint density at radius 3 is 2.64 bits per heavy atom. The van der Waals surface area contributed by atoms with E-state index >= 15 is 0 Å². The maximum atomic E-state index is 13.2. The van der Waals surface area contributed by atoms with Crippen molar-refractivity contribution in [3.05, 3.63) is 57.4 Å². The first kappa shape index (κ1) is 17.7. The summed E-state index contributed by atoms with van der Waals surface area (Å²) in [6.45, 7) is 5.74. The van der Waals surface area contributed by atoms with Crippen LogP contribution in [0.25, 0.3) is 0 Å². The molecular formula is C20H22ClNO3. The summed E-state index contributed by atoms with van der Waals surface area (Å²) in [5.41, 5.74) is 2.97. The summed E-state index contributed by atoms with van der Waals surface area (Å²) in [4.78, 5) is 25.7. The first-order valence-corrected chi connectivity index (χ1v) is 8.74. The van der Waals surface area contributed by atoms with Crippen molar-refractivity contribution in [1.82, 2.24) is 5.32 Å². The van der Waals surface area contributed by atoms with E-state index in [1.54, 1.807) is 6.07 Å². The monoisotopic (exact) mass is 359 g/mol. The van der Waals surface area contributed by atoms with Crippen LogP contribution in [0.1, 0.15) is 45.1 Å². The molecule has 3 rings (SSSR count). The molecular weight excluding hydrogens is 338 g/mol. The zero-order valence-electron chi connectivity index (χ0n) is 14.9. The predicted molar refractivity (Wildman–Crippen MR) is 97.1 cm³/mol. The highest BCUT2D eigenvalue weighted by Crippen LogP contribution is 2.48. The molecule has 4 nitrogen and oxygen atoms in total. The second-order valence-corrected chi connectivity index (χ2v) is 7.62. The van der Waals surface area contributed by atoms with Gasteiger partial charge in [0.2, 0.25) is 0 Å². The molecule has 0 fully saturated rings. The Hall–Kier alpha value is -2.07. The standard InChI is InChI=1S/C20H22ClNO3/c1-11-15(19(24)25-4)16(12-7-5-6-8-13(12)21)17-14(22-11)9-10-20(2,3)18(17)23/h5-8,16,22H,9-10H2,1-4H3. The van der Waals surface area contributed by atoms with Crippen LogP contribution in [-0.4, -0.2) is 18.9 Å². The second-order valence-electron chi connectivity index (χ2n) is 7.22. The lowest BCUT2D eigenvalue weighted by molar-refractivity contribution is -0.136. The molecule has 0 saturated carbocycles. The number of nitrogens with one attached hydrogen (secondary N) is 1. The Morgan fingerprint density at radius 1 is 1.32 bits per heavy atom. The van der Waals surface area contributed by atoms with Crippen LogP contribution in [0.3, 0.4) is 0 Å². The van der Waals surface area contributed by atoms with Gasteiger partial charge in [-0.3, -0.25) is 4.79 Å². The van der Waals surface area contributed by atoms with Crippen LogP contribution in [0.15, 0.2) is 46.8 Å². The molecule has 1 aromatic carbocycles. The maximum Gasteiger partial charge on any atom is 0.336 e. The zero-order chi connectivity index (χ0) is 18.4. The number of esters is 1. The number of rotatable bonds is 2. The van der Waals surface area contributed by atoms with Crippen LogP contribution >= 0.6 is 11.6 Å². The van der Waals surface area contributed by atoms with Crippen molar-refractivity contribution in [2.75, 3.05) is 7.11 Å². The summed E-state index contributed by atoms with van der Waals surface area (Å²) in [5.74, 6) is -0.901. The lowest BCUT2D eigenvalue weighted by Gasteiger charge is -2.39. The normalized spacial score (nSPS) is 22.4. The highest BCUT2D eigenvalue weighted by Gasteiger charge is 2.45. The van der Waals surface area contributed by atoms with Gasteiger partial charge in [0, 0.05) is 33.3 Å². The number of ketones is 1. The number of ether oxygens (including phenoxy) is 1. The molecule has 0 bridgehead atoms. The number of hydrogen-bond acceptors (Lipinski definition) is 4. The fourth-order valence-corrected chi connectivity index (χ4v) is 3.92. The van der Waals surface area contributed by atoms with Crippen LogP contribution in [0.2, 0.25) is 5.02 Å². The smallest absolute Gasteiger partial charge is 0.336 e. The summed E-state index contributed by atoms with van der Waals surface area (Å²) >= 11 is 6.44. The molecule has 5 heteroatoms. The molecule has 0 amide bonds. The molecule has 1 aliphatic heterocycles. The van der Waals surface area contributed by atoms with Gasteiger partial charge in [0.1, 0.15) is 0 Å². The number of dihydropyridines is 1. The fraction of sp³-hybridized carbons (Fsp3) is 0.400. The van der Waals surface area contributed by atoms with Gasteiger partial charge in [-0.15, -0.1) is 0 Å². The average molecular weight is 360 g/mol. The summed E-state index contributed by atoms with van der Waals surface area (Å²) in [6.07, 6.45) is 1.54. The molecule has 1 heterocycles. The van der Waals surface area contributed by atoms with E-state index in [9.17, 15) is 9.59 Å². The molecule has 1 unspecified atom stereocenters. The number of halogens is 1. The average Bonchev–Trinajstić information content (AvgIpc) is 2.57. The van der Waals surface area contributed by atoms with Crippen LogP contribution in [0.4, 0.5) is 0 Å². The van der Waals surface area contributed by atoms with Crippen molar-refractivity contribution >= 4 is 23.4 Å². The second kappa shape index (κ2) is 6.34. The number of carbonyl (C=O) groups is 2. The maximum absolute atomic E-state index is 13.2. The Labute approximate surface area is 152 Å². The quantitative estimate of drug-likeness (QED) is 0.807. The predicted octanol–water partition coefficient (Wildman–Crippen LogP) is 4.12. The minimum atomic E-state index is -0.510. The van der Waals surface area contributed by atoms with Crippen molar-refractivity contribution in [1.29, 1.82) is 0 Å². The largest absolute Gasteiger partial charge is 0.466 e. The van der Waals surface area contributed by atoms with Crippen molar-refractivity contribution < 1.29 is 14.3 Å². The molecule has 1 aliphatic carbocycles. The van der Waals surface area contributed by atoms with Gasteiger partial charge in [-0.05, 0) is 31.4 Å². The summed E-state index contributed by atoms with van der Waals surface area (Å²) in [5, 5.41) is 3.80. The number of hydrogen-bond donors (Lipinski definition) is 1. The molecule has 1 aromatic rings. The summed E-state index contributed by atoms with van der Waals surface area (Å²) in [7, 11) is 1.35. The first-order chi connectivity index (χ1) is 11.8. The third-order valence-corrected chi connectivity index (χ3v) is 5.47. The van der Waals surface area contributed by atoms with Gasteiger partial charge in [0.15, 0.2) is 5.78 Å². The van der Waals surface area contributed by atoms with Crippen molar-refractivity contribution in [2.45, 2.75) is 39.5 Å². The molecule has 0 aromatic heterocycles. The van der Waals surface area contributed by atoms with Gasteiger partial charge in [-0.1, -0.05) is 43.6 Å². The Bertz CT molecular complexity index is 820. The molecule has 0 radical (unpaired) electrons. The number of benzene rings is 1. The van der Waals surface area contributed by atoms with Gasteiger partial charge < -0.3 is 10.1 Å². The van der Waals surface area contributed by atoms with Gasteiger partial charge in [-0.25, -0.2) is 4.79 Å².